The molecule has 0 bridgehead atoms. The van der Waals surface area contributed by atoms with Gasteiger partial charge < -0.3 is 0 Å². The molecule has 0 saturated carbocycles. The summed E-state index contributed by atoms with van der Waals surface area (Å²) in [5.41, 5.74) is 2.10. The average Bonchev–Trinajstić information content (AvgIpc) is 2.26. The van der Waals surface area contributed by atoms with Crippen LogP contribution in [0.3, 0.4) is 0 Å². The molecule has 3 unspecified atom stereocenters. The molecule has 14 heavy (non-hydrogen) atoms. The first-order valence-corrected chi connectivity index (χ1v) is 11.0. The van der Waals surface area contributed by atoms with E-state index < -0.39 is 24.2 Å². The number of hydrogen-bond donors (Lipinski definition) is 1. The van der Waals surface area contributed by atoms with E-state index in [4.69, 9.17) is 4.74 Å². The second-order valence-electron chi connectivity index (χ2n) is 3.94. The summed E-state index contributed by atoms with van der Waals surface area (Å²) < 4.78 is 8.62. The van der Waals surface area contributed by atoms with E-state index in [-0.39, 0.29) is 6.10 Å². The van der Waals surface area contributed by atoms with Gasteiger partial charge in [-0.3, -0.25) is 0 Å². The van der Waals surface area contributed by atoms with Crippen LogP contribution < -0.4 is 0 Å². The van der Waals surface area contributed by atoms with Crippen molar-refractivity contribution in [1.29, 1.82) is 0 Å². The SMILES string of the molecule is [CH2+]I1(C)=CC=C2C(=CC1)C(O)OC2C. The monoisotopic (exact) mass is 307 g/mol. The van der Waals surface area contributed by atoms with Crippen LogP contribution in [0.4, 0.5) is 0 Å². The molecule has 1 fully saturated rings. The molecular formula is C11H16IO2+. The number of fused-ring (bicyclic) bond motifs is 1. The number of ether oxygens (including phenoxy) is 1. The number of aliphatic hydroxyl groups excluding tert-OH is 1. The van der Waals surface area contributed by atoms with Crippen LogP contribution in [0.2, 0.25) is 0 Å². The number of hydrogen-bond acceptors (Lipinski definition) is 2. The third-order valence-corrected chi connectivity index (χ3v) is 7.11. The van der Waals surface area contributed by atoms with Crippen LogP contribution in [0.5, 0.6) is 0 Å². The predicted octanol–water partition coefficient (Wildman–Crippen LogP) is 1.86. The maximum atomic E-state index is 9.64. The maximum absolute atomic E-state index is 9.64. The summed E-state index contributed by atoms with van der Waals surface area (Å²) >= 11 is -1.87. The third-order valence-electron chi connectivity index (χ3n) is 2.57. The van der Waals surface area contributed by atoms with E-state index in [0.29, 0.717) is 0 Å². The van der Waals surface area contributed by atoms with Crippen molar-refractivity contribution in [3.8, 4) is 0 Å². The molecule has 2 nitrogen and oxygen atoms in total. The number of aliphatic hydroxyl groups is 1. The van der Waals surface area contributed by atoms with Gasteiger partial charge in [-0.2, -0.15) is 0 Å². The summed E-state index contributed by atoms with van der Waals surface area (Å²) in [5.74, 6) is 0. The van der Waals surface area contributed by atoms with E-state index in [2.05, 4.69) is 26.0 Å². The van der Waals surface area contributed by atoms with E-state index in [1.807, 2.05) is 6.92 Å². The molecule has 0 radical (unpaired) electrons. The van der Waals surface area contributed by atoms with Crippen LogP contribution >= 0.6 is 18.0 Å². The molecule has 2 rings (SSSR count). The Bertz CT molecular complexity index is 359. The van der Waals surface area contributed by atoms with Crippen molar-refractivity contribution in [2.75, 3.05) is 9.36 Å². The van der Waals surface area contributed by atoms with Crippen LogP contribution in [0.25, 0.3) is 0 Å². The van der Waals surface area contributed by atoms with Gasteiger partial charge in [-0.25, -0.2) is 0 Å². The molecular weight excluding hydrogens is 291 g/mol. The Labute approximate surface area is 88.6 Å². The fourth-order valence-electron chi connectivity index (χ4n) is 1.70. The fraction of sp³-hybridized carbons (Fsp3) is 0.455. The first-order chi connectivity index (χ1) is 6.49. The average molecular weight is 307 g/mol. The minimum atomic E-state index is -1.87. The number of halogens is 1. The molecule has 78 valence electrons. The van der Waals surface area contributed by atoms with Gasteiger partial charge in [0.2, 0.25) is 0 Å². The van der Waals surface area contributed by atoms with Crippen molar-refractivity contribution in [2.24, 2.45) is 0 Å². The predicted molar refractivity (Wildman–Crippen MR) is 69.0 cm³/mol. The topological polar surface area (TPSA) is 29.5 Å². The number of allylic oxidation sites excluding steroid dienone is 2. The molecule has 0 aromatic heterocycles. The summed E-state index contributed by atoms with van der Waals surface area (Å²) in [6.07, 6.45) is 3.53. The van der Waals surface area contributed by atoms with Gasteiger partial charge >= 0.3 is 88.7 Å². The molecule has 0 aliphatic carbocycles. The number of rotatable bonds is 0. The van der Waals surface area contributed by atoms with E-state index >= 15 is 0 Å². The van der Waals surface area contributed by atoms with Gasteiger partial charge in [0.15, 0.2) is 0 Å². The summed E-state index contributed by atoms with van der Waals surface area (Å²) in [6, 6.07) is 0. The fourth-order valence-corrected chi connectivity index (χ4v) is 4.73. The normalized spacial score (nSPS) is 46.5. The molecule has 0 amide bonds. The molecule has 0 aromatic rings. The second kappa shape index (κ2) is 3.47. The second-order valence-corrected chi connectivity index (χ2v) is 12.7. The van der Waals surface area contributed by atoms with Crippen LogP contribution in [0.1, 0.15) is 6.92 Å². The van der Waals surface area contributed by atoms with E-state index in [1.54, 1.807) is 0 Å². The number of alkyl halides is 2. The minimum absolute atomic E-state index is 0.0162. The van der Waals surface area contributed by atoms with Crippen molar-refractivity contribution >= 4 is 22.0 Å². The molecule has 0 aromatic carbocycles. The van der Waals surface area contributed by atoms with Gasteiger partial charge in [0, 0.05) is 0 Å². The molecule has 2 aliphatic rings. The molecule has 2 aliphatic heterocycles. The zero-order valence-corrected chi connectivity index (χ0v) is 10.7. The van der Waals surface area contributed by atoms with E-state index in [9.17, 15) is 5.11 Å². The molecule has 0 spiro atoms. The molecule has 1 N–H and O–H groups in total. The molecule has 2 heterocycles. The molecule has 3 atom stereocenters. The summed E-state index contributed by atoms with van der Waals surface area (Å²) in [5, 5.41) is 9.64. The van der Waals surface area contributed by atoms with Crippen molar-refractivity contribution in [2.45, 2.75) is 19.3 Å². The molecule has 1 saturated heterocycles. The Morgan fingerprint density at radius 1 is 1.57 bits per heavy atom. The third kappa shape index (κ3) is 1.81. The van der Waals surface area contributed by atoms with Gasteiger partial charge in [0.05, 0.1) is 0 Å². The first kappa shape index (κ1) is 10.4. The Morgan fingerprint density at radius 3 is 3.00 bits per heavy atom. The Morgan fingerprint density at radius 2 is 2.29 bits per heavy atom. The van der Waals surface area contributed by atoms with Gasteiger partial charge in [0.25, 0.3) is 0 Å². The van der Waals surface area contributed by atoms with Gasteiger partial charge in [-0.1, -0.05) is 0 Å². The van der Waals surface area contributed by atoms with Crippen LogP contribution in [0, 0.1) is 4.93 Å². The van der Waals surface area contributed by atoms with E-state index in [1.165, 1.54) is 0 Å². The van der Waals surface area contributed by atoms with Gasteiger partial charge in [-0.15, -0.1) is 0 Å². The van der Waals surface area contributed by atoms with Crippen molar-refractivity contribution in [3.63, 3.8) is 0 Å². The van der Waals surface area contributed by atoms with E-state index in [0.717, 1.165) is 15.6 Å². The standard InChI is InChI=1S/C11H16IO2/c1-8-9-4-6-12(2,3)7-5-10(9)11(13)14-8/h4-6,8,11,13H,2,7H2,1,3H3/q+1. The van der Waals surface area contributed by atoms with Crippen molar-refractivity contribution in [1.82, 2.24) is 0 Å². The van der Waals surface area contributed by atoms with Crippen LogP contribution in [0.15, 0.2) is 23.3 Å². The summed E-state index contributed by atoms with van der Waals surface area (Å²) in [7, 11) is 0. The van der Waals surface area contributed by atoms with Crippen LogP contribution in [-0.2, 0) is 4.74 Å². The van der Waals surface area contributed by atoms with Gasteiger partial charge in [-0.05, 0) is 0 Å². The van der Waals surface area contributed by atoms with Crippen molar-refractivity contribution in [3.05, 3.63) is 28.2 Å². The quantitative estimate of drug-likeness (QED) is 0.420. The molecule has 3 heteroatoms. The summed E-state index contributed by atoms with van der Waals surface area (Å²) in [4.78, 5) is 6.54. The Balaban J connectivity index is 2.44. The summed E-state index contributed by atoms with van der Waals surface area (Å²) in [6.45, 7) is 1.97. The first-order valence-electron chi connectivity index (χ1n) is 4.58. The Hall–Kier alpha value is -0.130. The zero-order valence-electron chi connectivity index (χ0n) is 8.53. The van der Waals surface area contributed by atoms with Gasteiger partial charge in [0.1, 0.15) is 0 Å². The van der Waals surface area contributed by atoms with Crippen LogP contribution in [-0.4, -0.2) is 30.9 Å². The Kier molecular flexibility index (Phi) is 2.57. The van der Waals surface area contributed by atoms with Crippen molar-refractivity contribution < 1.29 is 9.84 Å². The zero-order chi connectivity index (χ0) is 10.3.